The summed E-state index contributed by atoms with van der Waals surface area (Å²) < 4.78 is 10.6. The number of carbonyl (C=O) groups excluding carboxylic acids is 2. The van der Waals surface area contributed by atoms with Gasteiger partial charge in [-0.2, -0.15) is 0 Å². The SMILES string of the molecule is O=C(CNC(=O)c1ccoc1)NCc1ccccc1COCc1ccccc1. The van der Waals surface area contributed by atoms with E-state index in [4.69, 9.17) is 9.15 Å². The maximum Gasteiger partial charge on any atom is 0.254 e. The van der Waals surface area contributed by atoms with Crippen LogP contribution in [0.1, 0.15) is 27.0 Å². The molecule has 0 fully saturated rings. The maximum atomic E-state index is 12.0. The third-order valence-electron chi connectivity index (χ3n) is 4.16. The number of carbonyl (C=O) groups is 2. The van der Waals surface area contributed by atoms with Crippen LogP contribution >= 0.6 is 0 Å². The minimum atomic E-state index is -0.349. The third-order valence-corrected chi connectivity index (χ3v) is 4.16. The van der Waals surface area contributed by atoms with Crippen LogP contribution < -0.4 is 10.6 Å². The molecule has 0 spiro atoms. The normalized spacial score (nSPS) is 10.4. The van der Waals surface area contributed by atoms with Crippen LogP contribution in [-0.2, 0) is 29.3 Å². The van der Waals surface area contributed by atoms with E-state index in [-0.39, 0.29) is 18.4 Å². The first-order valence-corrected chi connectivity index (χ1v) is 8.98. The fourth-order valence-corrected chi connectivity index (χ4v) is 2.64. The summed E-state index contributed by atoms with van der Waals surface area (Å²) in [6.45, 7) is 1.25. The van der Waals surface area contributed by atoms with Crippen molar-refractivity contribution in [2.75, 3.05) is 6.54 Å². The minimum absolute atomic E-state index is 0.101. The minimum Gasteiger partial charge on any atom is -0.472 e. The highest BCUT2D eigenvalue weighted by atomic mass is 16.5. The Hall–Kier alpha value is -3.38. The molecule has 1 heterocycles. The number of rotatable bonds is 9. The number of furan rings is 1. The van der Waals surface area contributed by atoms with E-state index in [2.05, 4.69) is 10.6 Å². The molecule has 3 aromatic rings. The molecule has 0 aliphatic heterocycles. The lowest BCUT2D eigenvalue weighted by Gasteiger charge is -2.12. The Morgan fingerprint density at radius 1 is 0.857 bits per heavy atom. The number of hydrogen-bond donors (Lipinski definition) is 2. The summed E-state index contributed by atoms with van der Waals surface area (Å²) >= 11 is 0. The van der Waals surface area contributed by atoms with Crippen LogP contribution in [-0.4, -0.2) is 18.4 Å². The Labute approximate surface area is 163 Å². The summed E-state index contributed by atoms with van der Waals surface area (Å²) in [6.07, 6.45) is 2.74. The standard InChI is InChI=1S/C22H22N2O4/c25-21(13-24-22(26)20-10-11-27-16-20)23-12-18-8-4-5-9-19(18)15-28-14-17-6-2-1-3-7-17/h1-11,16H,12-15H2,(H,23,25)(H,24,26). The molecule has 2 amide bonds. The second-order valence-electron chi connectivity index (χ2n) is 6.22. The van der Waals surface area contributed by atoms with Crippen molar-refractivity contribution in [2.24, 2.45) is 0 Å². The first-order chi connectivity index (χ1) is 13.7. The van der Waals surface area contributed by atoms with Crippen LogP contribution in [0.2, 0.25) is 0 Å². The van der Waals surface area contributed by atoms with E-state index >= 15 is 0 Å². The molecular formula is C22H22N2O4. The molecule has 0 bridgehead atoms. The molecule has 0 atom stereocenters. The lowest BCUT2D eigenvalue weighted by molar-refractivity contribution is -0.120. The van der Waals surface area contributed by atoms with E-state index in [0.717, 1.165) is 16.7 Å². The molecule has 6 nitrogen and oxygen atoms in total. The van der Waals surface area contributed by atoms with Gasteiger partial charge in [0.2, 0.25) is 5.91 Å². The van der Waals surface area contributed by atoms with Crippen LogP contribution in [0.4, 0.5) is 0 Å². The van der Waals surface area contributed by atoms with Gasteiger partial charge in [0.05, 0.1) is 31.6 Å². The van der Waals surface area contributed by atoms with Crippen LogP contribution in [0.25, 0.3) is 0 Å². The average molecular weight is 378 g/mol. The zero-order chi connectivity index (χ0) is 19.6. The smallest absolute Gasteiger partial charge is 0.254 e. The molecule has 1 aromatic heterocycles. The Bertz CT molecular complexity index is 892. The molecule has 0 aliphatic carbocycles. The molecule has 0 aliphatic rings. The van der Waals surface area contributed by atoms with Crippen molar-refractivity contribution in [3.8, 4) is 0 Å². The van der Waals surface area contributed by atoms with Crippen molar-refractivity contribution in [1.82, 2.24) is 10.6 Å². The number of amides is 2. The van der Waals surface area contributed by atoms with Crippen LogP contribution in [0, 0.1) is 0 Å². The second kappa shape index (κ2) is 10.1. The van der Waals surface area contributed by atoms with E-state index in [9.17, 15) is 9.59 Å². The lowest BCUT2D eigenvalue weighted by Crippen LogP contribution is -2.36. The summed E-state index contributed by atoms with van der Waals surface area (Å²) in [4.78, 5) is 23.8. The lowest BCUT2D eigenvalue weighted by atomic mass is 10.1. The van der Waals surface area contributed by atoms with Gasteiger partial charge < -0.3 is 19.8 Å². The van der Waals surface area contributed by atoms with Gasteiger partial charge in [0.1, 0.15) is 6.26 Å². The summed E-state index contributed by atoms with van der Waals surface area (Å²) in [7, 11) is 0. The Balaban J connectivity index is 1.45. The summed E-state index contributed by atoms with van der Waals surface area (Å²) in [5.41, 5.74) is 3.49. The van der Waals surface area contributed by atoms with Crippen molar-refractivity contribution in [1.29, 1.82) is 0 Å². The Morgan fingerprint density at radius 2 is 1.61 bits per heavy atom. The van der Waals surface area contributed by atoms with Gasteiger partial charge in [-0.1, -0.05) is 54.6 Å². The van der Waals surface area contributed by atoms with E-state index in [0.29, 0.717) is 25.3 Å². The second-order valence-corrected chi connectivity index (χ2v) is 6.22. The van der Waals surface area contributed by atoms with Crippen molar-refractivity contribution < 1.29 is 18.7 Å². The molecule has 0 saturated heterocycles. The predicted molar refractivity (Wildman–Crippen MR) is 104 cm³/mol. The largest absolute Gasteiger partial charge is 0.472 e. The highest BCUT2D eigenvalue weighted by Crippen LogP contribution is 2.11. The highest BCUT2D eigenvalue weighted by Gasteiger charge is 2.09. The summed E-state index contributed by atoms with van der Waals surface area (Å²) in [5.74, 6) is -0.615. The average Bonchev–Trinajstić information content (AvgIpc) is 3.27. The summed E-state index contributed by atoms with van der Waals surface area (Å²) in [6, 6.07) is 19.3. The molecule has 2 N–H and O–H groups in total. The number of benzene rings is 2. The Kier molecular flexibility index (Phi) is 6.98. The molecule has 6 heteroatoms. The van der Waals surface area contributed by atoms with E-state index in [1.54, 1.807) is 6.07 Å². The molecule has 144 valence electrons. The zero-order valence-corrected chi connectivity index (χ0v) is 15.4. The van der Waals surface area contributed by atoms with Gasteiger partial charge >= 0.3 is 0 Å². The van der Waals surface area contributed by atoms with Crippen LogP contribution in [0.3, 0.4) is 0 Å². The topological polar surface area (TPSA) is 80.6 Å². The summed E-state index contributed by atoms with van der Waals surface area (Å²) in [5, 5.41) is 5.37. The fraction of sp³-hybridized carbons (Fsp3) is 0.182. The van der Waals surface area contributed by atoms with Crippen molar-refractivity contribution in [3.05, 3.63) is 95.4 Å². The molecule has 0 saturated carbocycles. The van der Waals surface area contributed by atoms with Gasteiger partial charge in [-0.25, -0.2) is 0 Å². The van der Waals surface area contributed by atoms with Crippen LogP contribution in [0.15, 0.2) is 77.6 Å². The van der Waals surface area contributed by atoms with E-state index in [1.165, 1.54) is 12.5 Å². The van der Waals surface area contributed by atoms with Crippen molar-refractivity contribution in [3.63, 3.8) is 0 Å². The quantitative estimate of drug-likeness (QED) is 0.600. The number of hydrogen-bond acceptors (Lipinski definition) is 4. The molecule has 0 unspecified atom stereocenters. The fourth-order valence-electron chi connectivity index (χ4n) is 2.64. The van der Waals surface area contributed by atoms with E-state index in [1.807, 2.05) is 54.6 Å². The highest BCUT2D eigenvalue weighted by molar-refractivity contribution is 5.96. The van der Waals surface area contributed by atoms with Gasteiger partial charge in [-0.3, -0.25) is 9.59 Å². The van der Waals surface area contributed by atoms with Gasteiger partial charge in [-0.15, -0.1) is 0 Å². The Morgan fingerprint density at radius 3 is 2.36 bits per heavy atom. The number of nitrogens with one attached hydrogen (secondary N) is 2. The molecule has 2 aromatic carbocycles. The maximum absolute atomic E-state index is 12.0. The molecule has 0 radical (unpaired) electrons. The monoisotopic (exact) mass is 378 g/mol. The van der Waals surface area contributed by atoms with Gasteiger partial charge in [-0.05, 0) is 22.8 Å². The number of ether oxygens (including phenoxy) is 1. The molecule has 28 heavy (non-hydrogen) atoms. The van der Waals surface area contributed by atoms with Crippen molar-refractivity contribution in [2.45, 2.75) is 19.8 Å². The molecule has 3 rings (SSSR count). The predicted octanol–water partition coefficient (Wildman–Crippen LogP) is 3.04. The van der Waals surface area contributed by atoms with Gasteiger partial charge in [0, 0.05) is 6.54 Å². The zero-order valence-electron chi connectivity index (χ0n) is 15.4. The van der Waals surface area contributed by atoms with Crippen LogP contribution in [0.5, 0.6) is 0 Å². The third kappa shape index (κ3) is 5.82. The van der Waals surface area contributed by atoms with Crippen molar-refractivity contribution >= 4 is 11.8 Å². The van der Waals surface area contributed by atoms with Gasteiger partial charge in [0.15, 0.2) is 0 Å². The van der Waals surface area contributed by atoms with Gasteiger partial charge in [0.25, 0.3) is 5.91 Å². The first kappa shape index (κ1) is 19.4. The van der Waals surface area contributed by atoms with E-state index < -0.39 is 0 Å². The molecular weight excluding hydrogens is 356 g/mol. The first-order valence-electron chi connectivity index (χ1n) is 8.98.